The van der Waals surface area contributed by atoms with Crippen LogP contribution in [0, 0.1) is 13.8 Å². The Bertz CT molecular complexity index is 1270. The fourth-order valence-electron chi connectivity index (χ4n) is 3.67. The van der Waals surface area contributed by atoms with Gasteiger partial charge in [0.1, 0.15) is 0 Å². The number of aliphatic carboxylic acids is 1. The molecule has 7 nitrogen and oxygen atoms in total. The lowest BCUT2D eigenvalue weighted by atomic mass is 9.99. The summed E-state index contributed by atoms with van der Waals surface area (Å²) in [5.74, 6) is -1.08. The number of pyridine rings is 1. The lowest BCUT2D eigenvalue weighted by molar-refractivity contribution is -0.160. The highest BCUT2D eigenvalue weighted by molar-refractivity contribution is 5.80. The van der Waals surface area contributed by atoms with Crippen molar-refractivity contribution in [2.24, 2.45) is 0 Å². The van der Waals surface area contributed by atoms with Crippen molar-refractivity contribution in [3.8, 4) is 22.5 Å². The molecule has 4 aromatic rings. The van der Waals surface area contributed by atoms with Crippen molar-refractivity contribution in [3.05, 3.63) is 71.7 Å². The van der Waals surface area contributed by atoms with Crippen LogP contribution in [0.25, 0.3) is 28.2 Å². The zero-order valence-corrected chi connectivity index (χ0v) is 18.8. The van der Waals surface area contributed by atoms with E-state index in [4.69, 9.17) is 14.8 Å². The Hall–Kier alpha value is -3.58. The third-order valence-electron chi connectivity index (χ3n) is 5.04. The summed E-state index contributed by atoms with van der Waals surface area (Å²) in [5.41, 5.74) is 4.91. The van der Waals surface area contributed by atoms with Crippen LogP contribution in [0.5, 0.6) is 0 Å². The van der Waals surface area contributed by atoms with Gasteiger partial charge in [0.15, 0.2) is 11.8 Å². The maximum absolute atomic E-state index is 12.3. The predicted molar refractivity (Wildman–Crippen MR) is 122 cm³/mol. The number of nitrogens with zero attached hydrogens (tertiary/aromatic N) is 4. The Labute approximate surface area is 186 Å². The summed E-state index contributed by atoms with van der Waals surface area (Å²) in [4.78, 5) is 21.5. The van der Waals surface area contributed by atoms with Crippen molar-refractivity contribution in [1.29, 1.82) is 0 Å². The molecule has 1 N–H and O–H groups in total. The number of benzene rings is 1. The maximum Gasteiger partial charge on any atom is 0.337 e. The Kier molecular flexibility index (Phi) is 5.52. The number of carbonyl (C=O) groups is 1. The second-order valence-corrected chi connectivity index (χ2v) is 8.76. The van der Waals surface area contributed by atoms with Gasteiger partial charge in [0.2, 0.25) is 0 Å². The number of fused-ring (bicyclic) bond motifs is 1. The van der Waals surface area contributed by atoms with E-state index in [1.807, 2.05) is 76.2 Å². The predicted octanol–water partition coefficient (Wildman–Crippen LogP) is 5.02. The third-order valence-corrected chi connectivity index (χ3v) is 5.04. The molecule has 0 spiro atoms. The van der Waals surface area contributed by atoms with Gasteiger partial charge in [-0.2, -0.15) is 5.10 Å². The molecule has 164 valence electrons. The number of hydrogen-bond acceptors (Lipinski definition) is 5. The average Bonchev–Trinajstić information content (AvgIpc) is 3.15. The third kappa shape index (κ3) is 4.24. The second kappa shape index (κ2) is 8.16. The van der Waals surface area contributed by atoms with Crippen LogP contribution >= 0.6 is 0 Å². The largest absolute Gasteiger partial charge is 0.479 e. The van der Waals surface area contributed by atoms with Crippen LogP contribution < -0.4 is 0 Å². The molecule has 7 heteroatoms. The molecule has 1 atom stereocenters. The van der Waals surface area contributed by atoms with Crippen LogP contribution in [0.3, 0.4) is 0 Å². The van der Waals surface area contributed by atoms with Gasteiger partial charge < -0.3 is 9.84 Å². The van der Waals surface area contributed by atoms with Gasteiger partial charge in [-0.1, -0.05) is 30.3 Å². The maximum atomic E-state index is 12.3. The van der Waals surface area contributed by atoms with Crippen molar-refractivity contribution in [1.82, 2.24) is 19.6 Å². The highest BCUT2D eigenvalue weighted by Gasteiger charge is 2.33. The number of aryl methyl sites for hydroxylation is 2. The van der Waals surface area contributed by atoms with E-state index in [9.17, 15) is 9.90 Å². The van der Waals surface area contributed by atoms with E-state index < -0.39 is 17.7 Å². The van der Waals surface area contributed by atoms with Gasteiger partial charge in [0, 0.05) is 40.3 Å². The van der Waals surface area contributed by atoms with Crippen molar-refractivity contribution < 1.29 is 14.6 Å². The number of rotatable bonds is 5. The number of carboxylic acid groups (broad SMARTS) is 1. The topological polar surface area (TPSA) is 89.6 Å². The minimum absolute atomic E-state index is 0.466. The number of ether oxygens (including phenoxy) is 1. The minimum atomic E-state index is -1.22. The molecule has 32 heavy (non-hydrogen) atoms. The van der Waals surface area contributed by atoms with E-state index in [-0.39, 0.29) is 0 Å². The van der Waals surface area contributed by atoms with Gasteiger partial charge in [-0.3, -0.25) is 4.98 Å². The standard InChI is InChI=1S/C25H26N4O3/c1-15-11-12-18(14-26-15)22-21(23(24(30)31)32-25(3,4)5)16(2)27-20-13-19(28-29(20)22)17-9-7-6-8-10-17/h6-14,23H,1-5H3,(H,30,31). The quantitative estimate of drug-likeness (QED) is 0.478. The van der Waals surface area contributed by atoms with Gasteiger partial charge in [-0.05, 0) is 46.8 Å². The number of carboxylic acids is 1. The lowest BCUT2D eigenvalue weighted by Crippen LogP contribution is -2.29. The molecule has 0 amide bonds. The van der Waals surface area contributed by atoms with Crippen LogP contribution in [0.2, 0.25) is 0 Å². The summed E-state index contributed by atoms with van der Waals surface area (Å²) in [6.07, 6.45) is 0.514. The number of hydrogen-bond donors (Lipinski definition) is 1. The Morgan fingerprint density at radius 2 is 1.78 bits per heavy atom. The summed E-state index contributed by atoms with van der Waals surface area (Å²) >= 11 is 0. The zero-order valence-electron chi connectivity index (χ0n) is 18.8. The first-order valence-electron chi connectivity index (χ1n) is 10.4. The van der Waals surface area contributed by atoms with Crippen LogP contribution in [-0.4, -0.2) is 36.3 Å². The first-order chi connectivity index (χ1) is 15.1. The first kappa shape index (κ1) is 21.6. The van der Waals surface area contributed by atoms with Crippen molar-refractivity contribution in [2.45, 2.75) is 46.3 Å². The molecule has 0 bridgehead atoms. The first-order valence-corrected chi connectivity index (χ1v) is 10.4. The van der Waals surface area contributed by atoms with Gasteiger partial charge >= 0.3 is 5.97 Å². The van der Waals surface area contributed by atoms with Gasteiger partial charge in [0.25, 0.3) is 0 Å². The molecule has 1 aromatic carbocycles. The van der Waals surface area contributed by atoms with Crippen LogP contribution in [0.4, 0.5) is 0 Å². The summed E-state index contributed by atoms with van der Waals surface area (Å²) in [7, 11) is 0. The lowest BCUT2D eigenvalue weighted by Gasteiger charge is -2.27. The molecule has 0 saturated carbocycles. The zero-order chi connectivity index (χ0) is 23.0. The SMILES string of the molecule is Cc1ccc(-c2c(C(OC(C)(C)C)C(=O)O)c(C)nc3cc(-c4ccccc4)nn23)cn1. The van der Waals surface area contributed by atoms with Gasteiger partial charge in [0.05, 0.1) is 17.0 Å². The molecular weight excluding hydrogens is 404 g/mol. The normalized spacial score (nSPS) is 12.8. The molecular formula is C25H26N4O3. The molecule has 4 rings (SSSR count). The fraction of sp³-hybridized carbons (Fsp3) is 0.280. The van der Waals surface area contributed by atoms with Crippen LogP contribution in [-0.2, 0) is 9.53 Å². The highest BCUT2D eigenvalue weighted by atomic mass is 16.5. The van der Waals surface area contributed by atoms with E-state index in [1.165, 1.54) is 0 Å². The molecule has 1 unspecified atom stereocenters. The van der Waals surface area contributed by atoms with Gasteiger partial charge in [-0.15, -0.1) is 0 Å². The Morgan fingerprint density at radius 1 is 1.06 bits per heavy atom. The molecule has 0 radical (unpaired) electrons. The van der Waals surface area contributed by atoms with Crippen LogP contribution in [0.1, 0.15) is 43.8 Å². The monoisotopic (exact) mass is 430 g/mol. The number of aromatic nitrogens is 4. The van der Waals surface area contributed by atoms with Crippen molar-refractivity contribution in [3.63, 3.8) is 0 Å². The van der Waals surface area contributed by atoms with E-state index >= 15 is 0 Å². The Balaban J connectivity index is 2.04. The fourth-order valence-corrected chi connectivity index (χ4v) is 3.67. The van der Waals surface area contributed by atoms with Crippen molar-refractivity contribution in [2.75, 3.05) is 0 Å². The highest BCUT2D eigenvalue weighted by Crippen LogP contribution is 2.36. The van der Waals surface area contributed by atoms with E-state index in [1.54, 1.807) is 17.6 Å². The second-order valence-electron chi connectivity index (χ2n) is 8.76. The van der Waals surface area contributed by atoms with E-state index in [0.717, 1.165) is 22.5 Å². The average molecular weight is 431 g/mol. The molecule has 0 aliphatic rings. The summed E-state index contributed by atoms with van der Waals surface area (Å²) in [6.45, 7) is 9.20. The summed E-state index contributed by atoms with van der Waals surface area (Å²) in [6, 6.07) is 15.5. The Morgan fingerprint density at radius 3 is 2.38 bits per heavy atom. The summed E-state index contributed by atoms with van der Waals surface area (Å²) < 4.78 is 7.68. The van der Waals surface area contributed by atoms with E-state index in [0.29, 0.717) is 22.6 Å². The molecule has 0 saturated heterocycles. The van der Waals surface area contributed by atoms with Crippen molar-refractivity contribution >= 4 is 11.6 Å². The van der Waals surface area contributed by atoms with E-state index in [2.05, 4.69) is 4.98 Å². The smallest absolute Gasteiger partial charge is 0.337 e. The summed E-state index contributed by atoms with van der Waals surface area (Å²) in [5, 5.41) is 14.9. The molecule has 0 aliphatic heterocycles. The molecule has 0 fully saturated rings. The molecule has 3 heterocycles. The van der Waals surface area contributed by atoms with Crippen LogP contribution in [0.15, 0.2) is 54.7 Å². The minimum Gasteiger partial charge on any atom is -0.479 e. The molecule has 0 aliphatic carbocycles. The van der Waals surface area contributed by atoms with Gasteiger partial charge in [-0.25, -0.2) is 14.3 Å². The molecule has 3 aromatic heterocycles.